The highest BCUT2D eigenvalue weighted by molar-refractivity contribution is 6.37. The van der Waals surface area contributed by atoms with Gasteiger partial charge in [-0.15, -0.1) is 24.8 Å². The van der Waals surface area contributed by atoms with Gasteiger partial charge in [0.2, 0.25) is 0 Å². The number of halogens is 4. The van der Waals surface area contributed by atoms with Gasteiger partial charge in [-0.2, -0.15) is 0 Å². The number of rotatable bonds is 7. The van der Waals surface area contributed by atoms with Crippen LogP contribution in [0.1, 0.15) is 48.9 Å². The zero-order chi connectivity index (χ0) is 24.7. The van der Waals surface area contributed by atoms with Gasteiger partial charge in [0, 0.05) is 30.3 Å². The van der Waals surface area contributed by atoms with Crippen molar-refractivity contribution in [2.24, 2.45) is 11.8 Å². The number of aromatic hydroxyl groups is 1. The van der Waals surface area contributed by atoms with E-state index in [1.807, 2.05) is 12.1 Å². The molecule has 0 saturated heterocycles. The normalized spacial score (nSPS) is 19.3. The van der Waals surface area contributed by atoms with Crippen LogP contribution in [0.5, 0.6) is 5.75 Å². The second kappa shape index (κ2) is 12.4. The third-order valence-electron chi connectivity index (χ3n) is 7.06. The number of nitrogens with zero attached hydrogens (tertiary/aromatic N) is 3. The summed E-state index contributed by atoms with van der Waals surface area (Å²) in [6.07, 6.45) is 8.01. The van der Waals surface area contributed by atoms with Gasteiger partial charge in [0.25, 0.3) is 0 Å². The number of fused-ring (bicyclic) bond motifs is 1. The fourth-order valence-electron chi connectivity index (χ4n) is 5.05. The summed E-state index contributed by atoms with van der Waals surface area (Å²) in [4.78, 5) is 24.9. The lowest BCUT2D eigenvalue weighted by molar-refractivity contribution is 0.0968. The highest BCUT2D eigenvalue weighted by Crippen LogP contribution is 2.39. The summed E-state index contributed by atoms with van der Waals surface area (Å²) in [7, 11) is 4.25. The van der Waals surface area contributed by atoms with Crippen LogP contribution in [0.15, 0.2) is 30.5 Å². The topological polar surface area (TPSA) is 78.4 Å². The summed E-state index contributed by atoms with van der Waals surface area (Å²) >= 11 is 12.3. The van der Waals surface area contributed by atoms with Crippen molar-refractivity contribution in [1.29, 1.82) is 0 Å². The van der Waals surface area contributed by atoms with E-state index < -0.39 is 0 Å². The van der Waals surface area contributed by atoms with E-state index in [9.17, 15) is 9.90 Å². The number of benzene rings is 1. The van der Waals surface area contributed by atoms with Crippen molar-refractivity contribution in [2.45, 2.75) is 44.6 Å². The first kappa shape index (κ1) is 29.7. The number of nitrogens with one attached hydrogen (secondary N) is 1. The van der Waals surface area contributed by atoms with Crippen molar-refractivity contribution >= 4 is 70.5 Å². The molecule has 0 aliphatic heterocycles. The van der Waals surface area contributed by atoms with Crippen LogP contribution in [0.3, 0.4) is 0 Å². The van der Waals surface area contributed by atoms with Crippen LogP contribution in [-0.4, -0.2) is 52.4 Å². The van der Waals surface area contributed by atoms with Gasteiger partial charge < -0.3 is 15.3 Å². The Morgan fingerprint density at radius 3 is 2.30 bits per heavy atom. The molecule has 0 amide bonds. The van der Waals surface area contributed by atoms with Gasteiger partial charge in [-0.25, -0.2) is 4.98 Å². The molecule has 10 heteroatoms. The molecule has 2 aliphatic carbocycles. The molecule has 37 heavy (non-hydrogen) atoms. The highest BCUT2D eigenvalue weighted by Gasteiger charge is 2.33. The van der Waals surface area contributed by atoms with Gasteiger partial charge in [-0.1, -0.05) is 23.2 Å². The number of phenolic OH excluding ortho intramolecular Hbond substituents is 1. The zero-order valence-corrected chi connectivity index (χ0v) is 24.0. The maximum Gasteiger partial charge on any atom is 0.169 e. The molecule has 3 aromatic rings. The van der Waals surface area contributed by atoms with Crippen LogP contribution in [0.2, 0.25) is 10.0 Å². The Labute approximate surface area is 240 Å². The van der Waals surface area contributed by atoms with Crippen molar-refractivity contribution in [3.63, 3.8) is 0 Å². The lowest BCUT2D eigenvalue weighted by atomic mass is 9.85. The standard InChI is InChI=1S/C27H30Cl2N4O2.2ClH/c1-33(2)14-15-3-7-18(8-4-15)31-24-19(26(34)16-5-6-16)13-30-23-10-9-22(32-25(23)24)17-11-20(28)27(35)21(29)12-17;;/h9-13,15-16,18,35H,3-8,14H2,1-2H3,(H,30,31);2*1H/t15-,18-;;. The molecule has 2 saturated carbocycles. The van der Waals surface area contributed by atoms with Crippen LogP contribution in [0.25, 0.3) is 22.3 Å². The Bertz CT molecular complexity index is 1250. The van der Waals surface area contributed by atoms with Crippen molar-refractivity contribution in [1.82, 2.24) is 14.9 Å². The molecule has 1 aromatic carbocycles. The molecule has 0 spiro atoms. The van der Waals surface area contributed by atoms with Gasteiger partial charge >= 0.3 is 0 Å². The van der Waals surface area contributed by atoms with Crippen molar-refractivity contribution in [3.05, 3.63) is 46.1 Å². The first-order chi connectivity index (χ1) is 16.8. The molecule has 0 unspecified atom stereocenters. The van der Waals surface area contributed by atoms with Crippen LogP contribution >= 0.6 is 48.0 Å². The molecular formula is C27H32Cl4N4O2. The van der Waals surface area contributed by atoms with Crippen molar-refractivity contribution in [3.8, 4) is 17.0 Å². The molecule has 2 N–H and O–H groups in total. The average Bonchev–Trinajstić information content (AvgIpc) is 3.68. The SMILES string of the molecule is CN(C)C[C@H]1CC[C@H](Nc2c(C(=O)C3CC3)cnc3ccc(-c4cc(Cl)c(O)c(Cl)c4)nc23)CC1.Cl.Cl. The second-order valence-electron chi connectivity index (χ2n) is 10.2. The minimum atomic E-state index is -0.149. The van der Waals surface area contributed by atoms with Crippen LogP contribution < -0.4 is 5.32 Å². The molecule has 0 radical (unpaired) electrons. The van der Waals surface area contributed by atoms with E-state index in [1.54, 1.807) is 18.3 Å². The third kappa shape index (κ3) is 6.61. The van der Waals surface area contributed by atoms with Crippen LogP contribution in [0, 0.1) is 11.8 Å². The van der Waals surface area contributed by atoms with E-state index in [-0.39, 0.29) is 58.4 Å². The number of phenols is 1. The number of Topliss-reactive ketones (excluding diaryl/α,β-unsaturated/α-hetero) is 1. The monoisotopic (exact) mass is 584 g/mol. The molecule has 5 rings (SSSR count). The van der Waals surface area contributed by atoms with Crippen LogP contribution in [0.4, 0.5) is 5.69 Å². The summed E-state index contributed by atoms with van der Waals surface area (Å²) < 4.78 is 0. The fourth-order valence-corrected chi connectivity index (χ4v) is 5.54. The van der Waals surface area contributed by atoms with E-state index in [1.165, 1.54) is 0 Å². The first-order valence-corrected chi connectivity index (χ1v) is 13.0. The maximum atomic E-state index is 13.2. The van der Waals surface area contributed by atoms with E-state index in [2.05, 4.69) is 29.3 Å². The highest BCUT2D eigenvalue weighted by atomic mass is 35.5. The van der Waals surface area contributed by atoms with E-state index in [4.69, 9.17) is 28.2 Å². The lowest BCUT2D eigenvalue weighted by Crippen LogP contribution is -2.31. The zero-order valence-electron chi connectivity index (χ0n) is 20.8. The quantitative estimate of drug-likeness (QED) is 0.284. The molecule has 2 fully saturated rings. The third-order valence-corrected chi connectivity index (χ3v) is 7.63. The average molecular weight is 586 g/mol. The Balaban J connectivity index is 0.00000190. The van der Waals surface area contributed by atoms with Gasteiger partial charge in [0.05, 0.1) is 32.5 Å². The molecule has 2 heterocycles. The number of hydrogen-bond donors (Lipinski definition) is 2. The molecule has 0 atom stereocenters. The van der Waals surface area contributed by atoms with E-state index in [0.29, 0.717) is 28.3 Å². The molecular weight excluding hydrogens is 554 g/mol. The Kier molecular flexibility index (Phi) is 9.92. The number of aromatic nitrogens is 2. The molecule has 2 aromatic heterocycles. The summed E-state index contributed by atoms with van der Waals surface area (Å²) in [6.45, 7) is 1.11. The maximum absolute atomic E-state index is 13.2. The fraction of sp³-hybridized carbons (Fsp3) is 0.444. The first-order valence-electron chi connectivity index (χ1n) is 12.2. The van der Waals surface area contributed by atoms with E-state index in [0.717, 1.165) is 56.3 Å². The predicted molar refractivity (Wildman–Crippen MR) is 156 cm³/mol. The smallest absolute Gasteiger partial charge is 0.169 e. The summed E-state index contributed by atoms with van der Waals surface area (Å²) in [5.74, 6) is 0.789. The number of pyridine rings is 2. The van der Waals surface area contributed by atoms with Gasteiger partial charge in [0.15, 0.2) is 11.5 Å². The summed E-state index contributed by atoms with van der Waals surface area (Å²) in [5, 5.41) is 14.0. The largest absolute Gasteiger partial charge is 0.505 e. The van der Waals surface area contributed by atoms with Gasteiger partial charge in [-0.3, -0.25) is 9.78 Å². The molecule has 200 valence electrons. The molecule has 2 aliphatic rings. The predicted octanol–water partition coefficient (Wildman–Crippen LogP) is 7.28. The number of carbonyl (C=O) groups is 1. The Morgan fingerprint density at radius 1 is 1.05 bits per heavy atom. The summed E-state index contributed by atoms with van der Waals surface area (Å²) in [6, 6.07) is 7.32. The minimum Gasteiger partial charge on any atom is -0.505 e. The number of carbonyl (C=O) groups excluding carboxylic acids is 1. The van der Waals surface area contributed by atoms with Crippen molar-refractivity contribution in [2.75, 3.05) is 26.0 Å². The molecule has 0 bridgehead atoms. The second-order valence-corrected chi connectivity index (χ2v) is 11.0. The number of ketones is 1. The Hall–Kier alpha value is -1.83. The molecule has 6 nitrogen and oxygen atoms in total. The van der Waals surface area contributed by atoms with Gasteiger partial charge in [0.1, 0.15) is 5.52 Å². The van der Waals surface area contributed by atoms with Gasteiger partial charge in [-0.05, 0) is 82.8 Å². The number of anilines is 1. The lowest BCUT2D eigenvalue weighted by Gasteiger charge is -2.31. The van der Waals surface area contributed by atoms with Crippen LogP contribution in [-0.2, 0) is 0 Å². The number of hydrogen-bond acceptors (Lipinski definition) is 6. The summed E-state index contributed by atoms with van der Waals surface area (Å²) in [5.41, 5.74) is 4.14. The van der Waals surface area contributed by atoms with Crippen molar-refractivity contribution < 1.29 is 9.90 Å². The van der Waals surface area contributed by atoms with E-state index >= 15 is 0 Å². The minimum absolute atomic E-state index is 0. The Morgan fingerprint density at radius 2 is 1.70 bits per heavy atom.